The van der Waals surface area contributed by atoms with E-state index in [0.29, 0.717) is 21.3 Å². The lowest BCUT2D eigenvalue weighted by Gasteiger charge is -2.27. The zero-order valence-electron chi connectivity index (χ0n) is 19.2. The molecule has 0 aliphatic heterocycles. The van der Waals surface area contributed by atoms with E-state index in [2.05, 4.69) is 5.10 Å². The average Bonchev–Trinajstić information content (AvgIpc) is 3.21. The second kappa shape index (κ2) is 9.84. The second-order valence-corrected chi connectivity index (χ2v) is 9.65. The van der Waals surface area contributed by atoms with Gasteiger partial charge in [-0.1, -0.05) is 66.7 Å². The minimum absolute atomic E-state index is 0.0199. The Balaban J connectivity index is 1.76. The van der Waals surface area contributed by atoms with Gasteiger partial charge < -0.3 is 4.74 Å². The molecule has 7 nitrogen and oxygen atoms in total. The van der Waals surface area contributed by atoms with Gasteiger partial charge in [-0.3, -0.25) is 0 Å². The number of aromatic nitrogens is 4. The van der Waals surface area contributed by atoms with E-state index in [1.54, 1.807) is 30.5 Å². The summed E-state index contributed by atoms with van der Waals surface area (Å²) in [6.45, 7) is 0. The van der Waals surface area contributed by atoms with Gasteiger partial charge in [-0.2, -0.15) is 14.3 Å². The van der Waals surface area contributed by atoms with Crippen LogP contribution in [0.2, 0.25) is 10.0 Å². The SMILES string of the molecule is COC(=O)C(C1CCCCC1)n1nc2c(-c3ccc(Cl)cc3)c(-c3ccc(Cl)cc3)cnn2c1=O. The average molecular weight is 511 g/mol. The minimum atomic E-state index is -0.799. The number of esters is 1. The Hall–Kier alpha value is -3.16. The number of hydrogen-bond acceptors (Lipinski definition) is 5. The minimum Gasteiger partial charge on any atom is -0.467 e. The molecule has 0 bridgehead atoms. The fourth-order valence-electron chi connectivity index (χ4n) is 4.93. The predicted molar refractivity (Wildman–Crippen MR) is 136 cm³/mol. The van der Waals surface area contributed by atoms with Gasteiger partial charge in [-0.05, 0) is 54.2 Å². The van der Waals surface area contributed by atoms with Crippen LogP contribution in [-0.2, 0) is 9.53 Å². The summed E-state index contributed by atoms with van der Waals surface area (Å²) in [7, 11) is 1.34. The molecule has 0 radical (unpaired) electrons. The Labute approximate surface area is 212 Å². The van der Waals surface area contributed by atoms with Crippen molar-refractivity contribution in [3.05, 3.63) is 75.3 Å². The summed E-state index contributed by atoms with van der Waals surface area (Å²) < 4.78 is 7.62. The molecule has 0 spiro atoms. The Morgan fingerprint density at radius 3 is 2.17 bits per heavy atom. The number of ether oxygens (including phenoxy) is 1. The van der Waals surface area contributed by atoms with E-state index in [-0.39, 0.29) is 5.92 Å². The zero-order valence-corrected chi connectivity index (χ0v) is 20.7. The molecular weight excluding hydrogens is 487 g/mol. The van der Waals surface area contributed by atoms with E-state index in [1.807, 2.05) is 24.3 Å². The molecule has 9 heteroatoms. The van der Waals surface area contributed by atoms with Gasteiger partial charge in [-0.25, -0.2) is 9.59 Å². The van der Waals surface area contributed by atoms with Crippen LogP contribution in [0.15, 0.2) is 59.5 Å². The number of benzene rings is 2. The normalized spacial score (nSPS) is 15.3. The molecule has 1 unspecified atom stereocenters. The quantitative estimate of drug-likeness (QED) is 0.315. The lowest BCUT2D eigenvalue weighted by atomic mass is 9.84. The Kier molecular flexibility index (Phi) is 6.62. The third-order valence-electron chi connectivity index (χ3n) is 6.67. The number of carbonyl (C=O) groups excluding carboxylic acids is 1. The van der Waals surface area contributed by atoms with Crippen LogP contribution in [0.4, 0.5) is 0 Å². The van der Waals surface area contributed by atoms with Crippen molar-refractivity contribution in [1.82, 2.24) is 19.4 Å². The number of methoxy groups -OCH3 is 1. The van der Waals surface area contributed by atoms with Gasteiger partial charge in [0, 0.05) is 21.2 Å². The second-order valence-electron chi connectivity index (χ2n) is 8.78. The summed E-state index contributed by atoms with van der Waals surface area (Å²) in [5.41, 5.74) is 3.06. The number of fused-ring (bicyclic) bond motifs is 1. The van der Waals surface area contributed by atoms with Crippen LogP contribution in [0.25, 0.3) is 27.9 Å². The molecule has 1 fully saturated rings. The van der Waals surface area contributed by atoms with E-state index in [0.717, 1.165) is 48.8 Å². The molecule has 2 aromatic heterocycles. The van der Waals surface area contributed by atoms with Crippen molar-refractivity contribution in [2.75, 3.05) is 7.11 Å². The van der Waals surface area contributed by atoms with Gasteiger partial charge in [0.2, 0.25) is 0 Å². The molecule has 0 amide bonds. The fourth-order valence-corrected chi connectivity index (χ4v) is 5.18. The predicted octanol–water partition coefficient (Wildman–Crippen LogP) is 5.83. The first kappa shape index (κ1) is 23.6. The molecule has 1 aliphatic rings. The summed E-state index contributed by atoms with van der Waals surface area (Å²) in [6.07, 6.45) is 6.46. The Morgan fingerprint density at radius 1 is 0.971 bits per heavy atom. The highest BCUT2D eigenvalue weighted by atomic mass is 35.5. The summed E-state index contributed by atoms with van der Waals surface area (Å²) in [5, 5.41) is 10.3. The molecule has 0 saturated heterocycles. The fraction of sp³-hybridized carbons (Fsp3) is 0.308. The van der Waals surface area contributed by atoms with Crippen molar-refractivity contribution < 1.29 is 9.53 Å². The van der Waals surface area contributed by atoms with Crippen molar-refractivity contribution in [3.63, 3.8) is 0 Å². The van der Waals surface area contributed by atoms with Gasteiger partial charge >= 0.3 is 11.7 Å². The summed E-state index contributed by atoms with van der Waals surface area (Å²) in [4.78, 5) is 26.4. The maximum Gasteiger partial charge on any atom is 0.368 e. The molecule has 2 aromatic carbocycles. The maximum atomic E-state index is 13.5. The van der Waals surface area contributed by atoms with Gasteiger partial charge in [0.25, 0.3) is 0 Å². The third-order valence-corrected chi connectivity index (χ3v) is 7.17. The molecule has 35 heavy (non-hydrogen) atoms. The van der Waals surface area contributed by atoms with E-state index in [4.69, 9.17) is 33.0 Å². The summed E-state index contributed by atoms with van der Waals surface area (Å²) in [5.74, 6) is -0.484. The molecule has 5 rings (SSSR count). The first-order valence-corrected chi connectivity index (χ1v) is 12.3. The molecular formula is C26H24Cl2N4O3. The van der Waals surface area contributed by atoms with Crippen LogP contribution in [-0.4, -0.2) is 32.5 Å². The smallest absolute Gasteiger partial charge is 0.368 e. The van der Waals surface area contributed by atoms with Crippen LogP contribution in [0.3, 0.4) is 0 Å². The molecule has 180 valence electrons. The largest absolute Gasteiger partial charge is 0.467 e. The molecule has 1 atom stereocenters. The van der Waals surface area contributed by atoms with Crippen molar-refractivity contribution >= 4 is 34.8 Å². The lowest BCUT2D eigenvalue weighted by molar-refractivity contribution is -0.147. The number of carbonyl (C=O) groups is 1. The number of halogens is 2. The highest BCUT2D eigenvalue weighted by Crippen LogP contribution is 2.36. The van der Waals surface area contributed by atoms with E-state index < -0.39 is 17.7 Å². The van der Waals surface area contributed by atoms with Crippen molar-refractivity contribution in [1.29, 1.82) is 0 Å². The standard InChI is InChI=1S/C26H24Cl2N4O3/c1-35-25(33)23(18-5-3-2-4-6-18)31-26(34)32-24(30-31)22(17-9-13-20(28)14-10-17)21(15-29-32)16-7-11-19(27)12-8-16/h7-15,18,23H,2-6H2,1H3. The van der Waals surface area contributed by atoms with Gasteiger partial charge in [0.15, 0.2) is 11.7 Å². The van der Waals surface area contributed by atoms with E-state index >= 15 is 0 Å². The topological polar surface area (TPSA) is 78.5 Å². The van der Waals surface area contributed by atoms with Crippen LogP contribution < -0.4 is 5.69 Å². The van der Waals surface area contributed by atoms with Crippen LogP contribution in [0, 0.1) is 5.92 Å². The number of rotatable bonds is 5. The first-order valence-electron chi connectivity index (χ1n) is 11.6. The van der Waals surface area contributed by atoms with Crippen molar-refractivity contribution in [2.24, 2.45) is 5.92 Å². The van der Waals surface area contributed by atoms with Crippen LogP contribution in [0.5, 0.6) is 0 Å². The van der Waals surface area contributed by atoms with Crippen LogP contribution in [0.1, 0.15) is 38.1 Å². The zero-order chi connectivity index (χ0) is 24.5. The maximum absolute atomic E-state index is 13.5. The highest BCUT2D eigenvalue weighted by Gasteiger charge is 2.35. The molecule has 1 saturated carbocycles. The number of hydrogen-bond donors (Lipinski definition) is 0. The molecule has 2 heterocycles. The molecule has 0 N–H and O–H groups in total. The van der Waals surface area contributed by atoms with Crippen molar-refractivity contribution in [3.8, 4) is 22.3 Å². The van der Waals surface area contributed by atoms with Gasteiger partial charge in [-0.15, -0.1) is 5.10 Å². The Bertz CT molecular complexity index is 1420. The lowest BCUT2D eigenvalue weighted by Crippen LogP contribution is -2.37. The highest BCUT2D eigenvalue weighted by molar-refractivity contribution is 6.31. The first-order chi connectivity index (χ1) is 17.0. The van der Waals surface area contributed by atoms with E-state index in [9.17, 15) is 9.59 Å². The monoisotopic (exact) mass is 510 g/mol. The van der Waals surface area contributed by atoms with Gasteiger partial charge in [0.1, 0.15) is 0 Å². The number of nitrogens with zero attached hydrogens (tertiary/aromatic N) is 4. The molecule has 4 aromatic rings. The third kappa shape index (κ3) is 4.46. The van der Waals surface area contributed by atoms with Gasteiger partial charge in [0.05, 0.1) is 13.3 Å². The van der Waals surface area contributed by atoms with Crippen LogP contribution >= 0.6 is 23.2 Å². The summed E-state index contributed by atoms with van der Waals surface area (Å²) in [6, 6.07) is 13.9. The summed E-state index contributed by atoms with van der Waals surface area (Å²) >= 11 is 12.3. The molecule has 1 aliphatic carbocycles. The Morgan fingerprint density at radius 2 is 1.57 bits per heavy atom. The van der Waals surface area contributed by atoms with Crippen molar-refractivity contribution in [2.45, 2.75) is 38.1 Å². The van der Waals surface area contributed by atoms with E-state index in [1.165, 1.54) is 16.3 Å².